The first-order chi connectivity index (χ1) is 12.0. The molecule has 0 heterocycles. The number of amides is 1. The van der Waals surface area contributed by atoms with E-state index in [0.29, 0.717) is 30.2 Å². The summed E-state index contributed by atoms with van der Waals surface area (Å²) >= 11 is 1.52. The highest BCUT2D eigenvalue weighted by molar-refractivity contribution is 7.98. The van der Waals surface area contributed by atoms with Crippen LogP contribution in [0.3, 0.4) is 0 Å². The first-order valence-corrected chi connectivity index (χ1v) is 9.03. The Morgan fingerprint density at radius 1 is 1.40 bits per heavy atom. The predicted molar refractivity (Wildman–Crippen MR) is 97.5 cm³/mol. The lowest BCUT2D eigenvalue weighted by Crippen LogP contribution is -2.34. The third-order valence-electron chi connectivity index (χ3n) is 3.13. The normalized spacial score (nSPS) is 12.0. The Balaban J connectivity index is 2.72. The van der Waals surface area contributed by atoms with Crippen LogP contribution >= 0.6 is 11.8 Å². The maximum absolute atomic E-state index is 12.1. The van der Waals surface area contributed by atoms with Gasteiger partial charge in [0.1, 0.15) is 23.4 Å². The maximum atomic E-state index is 12.1. The largest absolute Gasteiger partial charge is 0.494 e. The molecule has 1 rings (SSSR count). The van der Waals surface area contributed by atoms with Crippen molar-refractivity contribution < 1.29 is 19.4 Å². The predicted octanol–water partition coefficient (Wildman–Crippen LogP) is 2.23. The minimum atomic E-state index is -1.03. The summed E-state index contributed by atoms with van der Waals surface area (Å²) in [5, 5.41) is 23.5. The number of thioether (sulfide) groups is 1. The van der Waals surface area contributed by atoms with E-state index >= 15 is 0 Å². The SMILES string of the molecule is CCOc1ccc(NC(=O)/C(C#N)=C\NC(CCSC)C(=O)O)cc1. The van der Waals surface area contributed by atoms with Crippen LogP contribution in [0.2, 0.25) is 0 Å². The van der Waals surface area contributed by atoms with E-state index in [1.807, 2.05) is 13.2 Å². The number of rotatable bonds is 10. The lowest BCUT2D eigenvalue weighted by molar-refractivity contribution is -0.139. The van der Waals surface area contributed by atoms with Crippen molar-refractivity contribution >= 4 is 29.3 Å². The zero-order valence-corrected chi connectivity index (χ0v) is 14.9. The zero-order valence-electron chi connectivity index (χ0n) is 14.1. The Hall–Kier alpha value is -2.66. The molecule has 8 heteroatoms. The zero-order chi connectivity index (χ0) is 18.7. The monoisotopic (exact) mass is 363 g/mol. The lowest BCUT2D eigenvalue weighted by atomic mass is 10.2. The van der Waals surface area contributed by atoms with Crippen molar-refractivity contribution in [3.8, 4) is 11.8 Å². The molecule has 0 fully saturated rings. The molecular weight excluding hydrogens is 342 g/mol. The highest BCUT2D eigenvalue weighted by Gasteiger charge is 2.16. The molecule has 0 aromatic heterocycles. The molecule has 0 spiro atoms. The van der Waals surface area contributed by atoms with Crippen molar-refractivity contribution in [1.82, 2.24) is 5.32 Å². The van der Waals surface area contributed by atoms with Crippen LogP contribution in [0.1, 0.15) is 13.3 Å². The smallest absolute Gasteiger partial charge is 0.326 e. The number of hydrogen-bond acceptors (Lipinski definition) is 6. The van der Waals surface area contributed by atoms with Crippen LogP contribution in [-0.4, -0.2) is 41.6 Å². The van der Waals surface area contributed by atoms with Crippen LogP contribution in [-0.2, 0) is 9.59 Å². The van der Waals surface area contributed by atoms with Gasteiger partial charge >= 0.3 is 5.97 Å². The van der Waals surface area contributed by atoms with Crippen LogP contribution in [0.25, 0.3) is 0 Å². The number of nitrogens with zero attached hydrogens (tertiary/aromatic N) is 1. The summed E-state index contributed by atoms with van der Waals surface area (Å²) in [6, 6.07) is 7.64. The molecule has 0 saturated carbocycles. The first kappa shape index (κ1) is 20.4. The molecule has 3 N–H and O–H groups in total. The number of nitriles is 1. The molecule has 0 aliphatic carbocycles. The summed E-state index contributed by atoms with van der Waals surface area (Å²) in [6.45, 7) is 2.41. The van der Waals surface area contributed by atoms with Gasteiger partial charge in [-0.3, -0.25) is 4.79 Å². The second kappa shape index (κ2) is 11.0. The van der Waals surface area contributed by atoms with Crippen LogP contribution in [0, 0.1) is 11.3 Å². The van der Waals surface area contributed by atoms with E-state index in [0.717, 1.165) is 6.20 Å². The van der Waals surface area contributed by atoms with Crippen LogP contribution in [0.4, 0.5) is 5.69 Å². The highest BCUT2D eigenvalue weighted by atomic mass is 32.2. The van der Waals surface area contributed by atoms with Crippen LogP contribution in [0.15, 0.2) is 36.0 Å². The van der Waals surface area contributed by atoms with E-state index in [-0.39, 0.29) is 5.57 Å². The molecule has 1 aromatic rings. The van der Waals surface area contributed by atoms with E-state index in [2.05, 4.69) is 10.6 Å². The maximum Gasteiger partial charge on any atom is 0.326 e. The molecule has 0 aliphatic rings. The standard InChI is InChI=1S/C17H21N3O4S/c1-3-24-14-6-4-13(5-7-14)20-16(21)12(10-18)11-19-15(17(22)23)8-9-25-2/h4-7,11,15,19H,3,8-9H2,1-2H3,(H,20,21)(H,22,23)/b12-11-. The quantitative estimate of drug-likeness (QED) is 0.432. The van der Waals surface area contributed by atoms with E-state index in [9.17, 15) is 9.59 Å². The second-order valence-electron chi connectivity index (χ2n) is 4.92. The number of carbonyl (C=O) groups excluding carboxylic acids is 1. The molecule has 0 aliphatic heterocycles. The van der Waals surface area contributed by atoms with Gasteiger partial charge in [0.2, 0.25) is 0 Å². The summed E-state index contributed by atoms with van der Waals surface area (Å²) in [6.07, 6.45) is 3.40. The van der Waals surface area contributed by atoms with Crippen molar-refractivity contribution in [2.45, 2.75) is 19.4 Å². The summed E-state index contributed by atoms with van der Waals surface area (Å²) in [5.41, 5.74) is 0.302. The first-order valence-electron chi connectivity index (χ1n) is 7.64. The number of carboxylic acids is 1. The van der Waals surface area contributed by atoms with Crippen molar-refractivity contribution in [2.75, 3.05) is 23.9 Å². The molecule has 7 nitrogen and oxygen atoms in total. The van der Waals surface area contributed by atoms with Gasteiger partial charge in [-0.25, -0.2) is 4.79 Å². The summed E-state index contributed by atoms with van der Waals surface area (Å²) in [7, 11) is 0. The molecule has 1 unspecified atom stereocenters. The van der Waals surface area contributed by atoms with Crippen LogP contribution < -0.4 is 15.4 Å². The third kappa shape index (κ3) is 7.18. The van der Waals surface area contributed by atoms with Gasteiger partial charge in [0.25, 0.3) is 5.91 Å². The van der Waals surface area contributed by atoms with Gasteiger partial charge < -0.3 is 20.5 Å². The number of hydrogen-bond donors (Lipinski definition) is 3. The van der Waals surface area contributed by atoms with Gasteiger partial charge in [0, 0.05) is 11.9 Å². The van der Waals surface area contributed by atoms with Gasteiger partial charge in [0.05, 0.1) is 6.61 Å². The third-order valence-corrected chi connectivity index (χ3v) is 3.77. The fourth-order valence-electron chi connectivity index (χ4n) is 1.85. The van der Waals surface area contributed by atoms with E-state index in [4.69, 9.17) is 15.1 Å². The minimum Gasteiger partial charge on any atom is -0.494 e. The number of nitrogens with one attached hydrogen (secondary N) is 2. The number of aliphatic carboxylic acids is 1. The van der Waals surface area contributed by atoms with E-state index in [1.54, 1.807) is 30.3 Å². The molecule has 0 saturated heterocycles. The molecule has 1 aromatic carbocycles. The Bertz CT molecular complexity index is 653. The van der Waals surface area contributed by atoms with Crippen molar-refractivity contribution in [3.63, 3.8) is 0 Å². The molecule has 1 atom stereocenters. The fourth-order valence-corrected chi connectivity index (χ4v) is 2.32. The van der Waals surface area contributed by atoms with Gasteiger partial charge in [-0.15, -0.1) is 0 Å². The number of carbonyl (C=O) groups is 2. The molecule has 134 valence electrons. The topological polar surface area (TPSA) is 111 Å². The average Bonchev–Trinajstić information content (AvgIpc) is 2.59. The van der Waals surface area contributed by atoms with E-state index in [1.165, 1.54) is 11.8 Å². The molecular formula is C17H21N3O4S. The highest BCUT2D eigenvalue weighted by Crippen LogP contribution is 2.16. The Labute approximate surface area is 151 Å². The van der Waals surface area contributed by atoms with E-state index < -0.39 is 17.9 Å². The van der Waals surface area contributed by atoms with Gasteiger partial charge in [0.15, 0.2) is 0 Å². The number of carboxylic acid groups (broad SMARTS) is 1. The summed E-state index contributed by atoms with van der Waals surface area (Å²) in [4.78, 5) is 23.3. The Morgan fingerprint density at radius 2 is 2.08 bits per heavy atom. The fraction of sp³-hybridized carbons (Fsp3) is 0.353. The second-order valence-corrected chi connectivity index (χ2v) is 5.91. The lowest BCUT2D eigenvalue weighted by Gasteiger charge is -2.12. The molecule has 0 bridgehead atoms. The van der Waals surface area contributed by atoms with Crippen LogP contribution in [0.5, 0.6) is 5.75 Å². The molecule has 1 amide bonds. The molecule has 25 heavy (non-hydrogen) atoms. The number of benzene rings is 1. The Morgan fingerprint density at radius 3 is 2.60 bits per heavy atom. The van der Waals surface area contributed by atoms with Crippen molar-refractivity contribution in [3.05, 3.63) is 36.0 Å². The summed E-state index contributed by atoms with van der Waals surface area (Å²) in [5.74, 6) is -0.322. The molecule has 0 radical (unpaired) electrons. The van der Waals surface area contributed by atoms with Crippen molar-refractivity contribution in [1.29, 1.82) is 5.26 Å². The summed E-state index contributed by atoms with van der Waals surface area (Å²) < 4.78 is 5.31. The Kier molecular flexibility index (Phi) is 8.96. The number of ether oxygens (including phenoxy) is 1. The van der Waals surface area contributed by atoms with Gasteiger partial charge in [-0.1, -0.05) is 0 Å². The van der Waals surface area contributed by atoms with Gasteiger partial charge in [-0.05, 0) is 49.6 Å². The average molecular weight is 363 g/mol. The van der Waals surface area contributed by atoms with Gasteiger partial charge in [-0.2, -0.15) is 17.0 Å². The van der Waals surface area contributed by atoms with Crippen molar-refractivity contribution in [2.24, 2.45) is 0 Å². The number of anilines is 1. The minimum absolute atomic E-state index is 0.204.